The van der Waals surface area contributed by atoms with Crippen LogP contribution in [0, 0.1) is 5.82 Å². The van der Waals surface area contributed by atoms with Crippen LogP contribution in [0.25, 0.3) is 11.1 Å². The molecule has 0 saturated carbocycles. The number of hydrogen-bond acceptors (Lipinski definition) is 4. The van der Waals surface area contributed by atoms with Gasteiger partial charge in [0.05, 0.1) is 12.8 Å². The van der Waals surface area contributed by atoms with Gasteiger partial charge in [-0.15, -0.1) is 0 Å². The van der Waals surface area contributed by atoms with Gasteiger partial charge >= 0.3 is 5.97 Å². The average Bonchev–Trinajstić information content (AvgIpc) is 2.81. The minimum absolute atomic E-state index is 0.0335. The lowest BCUT2D eigenvalue weighted by molar-refractivity contribution is -0.144. The van der Waals surface area contributed by atoms with Gasteiger partial charge in [-0.05, 0) is 13.0 Å². The summed E-state index contributed by atoms with van der Waals surface area (Å²) in [6, 6.07) is 4.33. The fraction of sp³-hybridized carbons (Fsp3) is 0.231. The maximum atomic E-state index is 13.7. The first kappa shape index (κ1) is 13.1. The van der Waals surface area contributed by atoms with Crippen molar-refractivity contribution in [1.29, 1.82) is 0 Å². The van der Waals surface area contributed by atoms with Gasteiger partial charge in [0.15, 0.2) is 11.6 Å². The van der Waals surface area contributed by atoms with Crippen LogP contribution in [0.5, 0.6) is 5.75 Å². The Hall–Kier alpha value is -2.37. The Morgan fingerprint density at radius 1 is 1.53 bits per heavy atom. The third-order valence-electron chi connectivity index (χ3n) is 2.52. The lowest BCUT2D eigenvalue weighted by atomic mass is 10.1. The van der Waals surface area contributed by atoms with Crippen LogP contribution in [-0.2, 0) is 16.1 Å². The van der Waals surface area contributed by atoms with E-state index in [1.807, 2.05) is 0 Å². The largest absolute Gasteiger partial charge is 0.505 e. The van der Waals surface area contributed by atoms with Crippen LogP contribution in [0.15, 0.2) is 30.6 Å². The van der Waals surface area contributed by atoms with Gasteiger partial charge in [-0.3, -0.25) is 9.48 Å². The summed E-state index contributed by atoms with van der Waals surface area (Å²) in [6.45, 7) is 1.98. The van der Waals surface area contributed by atoms with Crippen LogP contribution in [0.4, 0.5) is 4.39 Å². The zero-order chi connectivity index (χ0) is 13.8. The van der Waals surface area contributed by atoms with Crippen LogP contribution in [0.2, 0.25) is 0 Å². The molecular formula is C13H13FN2O3. The number of nitrogens with zero attached hydrogens (tertiary/aromatic N) is 2. The quantitative estimate of drug-likeness (QED) is 0.857. The molecule has 1 aromatic heterocycles. The maximum absolute atomic E-state index is 13.7. The molecule has 2 rings (SSSR count). The average molecular weight is 264 g/mol. The predicted octanol–water partition coefficient (Wildman–Crippen LogP) is 1.96. The van der Waals surface area contributed by atoms with Gasteiger partial charge < -0.3 is 9.84 Å². The molecule has 0 saturated heterocycles. The molecule has 0 unspecified atom stereocenters. The molecule has 0 aliphatic carbocycles. The number of ether oxygens (including phenoxy) is 1. The van der Waals surface area contributed by atoms with E-state index in [0.29, 0.717) is 12.2 Å². The number of aromatic nitrogens is 2. The van der Waals surface area contributed by atoms with E-state index < -0.39 is 17.5 Å². The second-order valence-electron chi connectivity index (χ2n) is 3.87. The van der Waals surface area contributed by atoms with Gasteiger partial charge in [0.1, 0.15) is 6.54 Å². The van der Waals surface area contributed by atoms with Crippen molar-refractivity contribution in [3.05, 3.63) is 36.4 Å². The lowest BCUT2D eigenvalue weighted by Crippen LogP contribution is -2.13. The highest BCUT2D eigenvalue weighted by Crippen LogP contribution is 2.27. The Labute approximate surface area is 109 Å². The molecule has 0 fully saturated rings. The number of aromatic hydroxyl groups is 1. The van der Waals surface area contributed by atoms with E-state index in [2.05, 4.69) is 5.10 Å². The summed E-state index contributed by atoms with van der Waals surface area (Å²) >= 11 is 0. The Kier molecular flexibility index (Phi) is 3.79. The van der Waals surface area contributed by atoms with Crippen molar-refractivity contribution >= 4 is 5.97 Å². The van der Waals surface area contributed by atoms with Crippen molar-refractivity contribution in [3.63, 3.8) is 0 Å². The number of rotatable bonds is 4. The fourth-order valence-corrected chi connectivity index (χ4v) is 1.67. The van der Waals surface area contributed by atoms with E-state index in [1.165, 1.54) is 35.3 Å². The zero-order valence-corrected chi connectivity index (χ0v) is 10.3. The molecule has 0 aliphatic heterocycles. The molecule has 0 aliphatic rings. The number of hydrogen-bond donors (Lipinski definition) is 1. The Morgan fingerprint density at radius 2 is 2.32 bits per heavy atom. The number of halogens is 1. The second kappa shape index (κ2) is 5.51. The van der Waals surface area contributed by atoms with Crippen molar-refractivity contribution in [3.8, 4) is 16.9 Å². The van der Waals surface area contributed by atoms with E-state index in [-0.39, 0.29) is 12.1 Å². The van der Waals surface area contributed by atoms with Gasteiger partial charge in [0.25, 0.3) is 0 Å². The molecule has 1 heterocycles. The zero-order valence-electron chi connectivity index (χ0n) is 10.3. The van der Waals surface area contributed by atoms with E-state index in [0.717, 1.165) is 0 Å². The van der Waals surface area contributed by atoms with Gasteiger partial charge in [0.2, 0.25) is 0 Å². The summed E-state index contributed by atoms with van der Waals surface area (Å²) < 4.78 is 19.8. The molecular weight excluding hydrogens is 251 g/mol. The van der Waals surface area contributed by atoms with Crippen molar-refractivity contribution in [2.75, 3.05) is 6.61 Å². The van der Waals surface area contributed by atoms with Crippen molar-refractivity contribution in [2.24, 2.45) is 0 Å². The Morgan fingerprint density at radius 3 is 3.05 bits per heavy atom. The molecule has 0 atom stereocenters. The standard InChI is InChI=1S/C13H13FN2O3/c1-2-19-12(18)8-16-7-9(6-15-16)10-4-3-5-11(17)13(10)14/h3-7,17H,2,8H2,1H3. The van der Waals surface area contributed by atoms with E-state index in [4.69, 9.17) is 4.74 Å². The molecule has 0 bridgehead atoms. The van der Waals surface area contributed by atoms with Crippen LogP contribution in [0.1, 0.15) is 6.92 Å². The van der Waals surface area contributed by atoms with Gasteiger partial charge in [-0.25, -0.2) is 4.39 Å². The van der Waals surface area contributed by atoms with Gasteiger partial charge in [-0.2, -0.15) is 5.10 Å². The van der Waals surface area contributed by atoms with Crippen LogP contribution < -0.4 is 0 Å². The number of phenolic OH excluding ortho intramolecular Hbond substituents is 1. The minimum Gasteiger partial charge on any atom is -0.505 e. The molecule has 0 amide bonds. The number of carbonyl (C=O) groups is 1. The highest BCUT2D eigenvalue weighted by atomic mass is 19.1. The van der Waals surface area contributed by atoms with Crippen molar-refractivity contribution < 1.29 is 19.0 Å². The summed E-state index contributed by atoms with van der Waals surface area (Å²) in [4.78, 5) is 11.3. The van der Waals surface area contributed by atoms with E-state index in [1.54, 1.807) is 6.92 Å². The molecule has 1 aromatic carbocycles. The first-order chi connectivity index (χ1) is 9.11. The van der Waals surface area contributed by atoms with Crippen molar-refractivity contribution in [1.82, 2.24) is 9.78 Å². The molecule has 5 nitrogen and oxygen atoms in total. The second-order valence-corrected chi connectivity index (χ2v) is 3.87. The van der Waals surface area contributed by atoms with Gasteiger partial charge in [-0.1, -0.05) is 12.1 Å². The summed E-state index contributed by atoms with van der Waals surface area (Å²) in [7, 11) is 0. The van der Waals surface area contributed by atoms with Gasteiger partial charge in [0, 0.05) is 17.3 Å². The molecule has 1 N–H and O–H groups in total. The van der Waals surface area contributed by atoms with Crippen LogP contribution in [-0.4, -0.2) is 27.5 Å². The molecule has 2 aromatic rings. The van der Waals surface area contributed by atoms with Crippen molar-refractivity contribution in [2.45, 2.75) is 13.5 Å². The number of benzene rings is 1. The Balaban J connectivity index is 2.21. The molecule has 19 heavy (non-hydrogen) atoms. The smallest absolute Gasteiger partial charge is 0.327 e. The summed E-state index contributed by atoms with van der Waals surface area (Å²) in [5.41, 5.74) is 0.716. The van der Waals surface area contributed by atoms with Crippen LogP contribution >= 0.6 is 0 Å². The normalized spacial score (nSPS) is 10.4. The highest BCUT2D eigenvalue weighted by Gasteiger charge is 2.12. The monoisotopic (exact) mass is 264 g/mol. The number of esters is 1. The third kappa shape index (κ3) is 2.90. The Bertz CT molecular complexity index is 595. The molecule has 0 spiro atoms. The molecule has 100 valence electrons. The maximum Gasteiger partial charge on any atom is 0.327 e. The predicted molar refractivity (Wildman–Crippen MR) is 65.9 cm³/mol. The SMILES string of the molecule is CCOC(=O)Cn1cc(-c2cccc(O)c2F)cn1. The summed E-state index contributed by atoms with van der Waals surface area (Å²) in [5.74, 6) is -1.54. The molecule has 0 radical (unpaired) electrons. The summed E-state index contributed by atoms with van der Waals surface area (Å²) in [6.07, 6.45) is 2.95. The first-order valence-electron chi connectivity index (χ1n) is 5.77. The van der Waals surface area contributed by atoms with Crippen LogP contribution in [0.3, 0.4) is 0 Å². The molecule has 6 heteroatoms. The number of carbonyl (C=O) groups excluding carboxylic acids is 1. The first-order valence-corrected chi connectivity index (χ1v) is 5.77. The fourth-order valence-electron chi connectivity index (χ4n) is 1.67. The topological polar surface area (TPSA) is 64.3 Å². The van der Waals surface area contributed by atoms with E-state index in [9.17, 15) is 14.3 Å². The summed E-state index contributed by atoms with van der Waals surface area (Å²) in [5, 5.41) is 13.3. The lowest BCUT2D eigenvalue weighted by Gasteiger charge is -2.02. The highest BCUT2D eigenvalue weighted by molar-refractivity contribution is 5.70. The number of phenols is 1. The third-order valence-corrected chi connectivity index (χ3v) is 2.52. The van der Waals surface area contributed by atoms with E-state index >= 15 is 0 Å². The minimum atomic E-state index is -0.710.